The number of nitrogens with zero attached hydrogens (tertiary/aromatic N) is 4. The molecule has 0 amide bonds. The molecule has 2 aromatic heterocycles. The van der Waals surface area contributed by atoms with Crippen LogP contribution in [-0.4, -0.2) is 65.0 Å². The van der Waals surface area contributed by atoms with Crippen molar-refractivity contribution in [1.29, 1.82) is 0 Å². The van der Waals surface area contributed by atoms with Crippen molar-refractivity contribution in [3.8, 4) is 11.5 Å². The van der Waals surface area contributed by atoms with Crippen LogP contribution in [0.3, 0.4) is 0 Å². The molecule has 0 saturated heterocycles. The largest absolute Gasteiger partial charge is 1.00 e. The molecule has 0 saturated carbocycles. The number of rotatable bonds is 15. The molecule has 3 aromatic rings. The van der Waals surface area contributed by atoms with Crippen molar-refractivity contribution in [2.75, 3.05) is 39.9 Å². The van der Waals surface area contributed by atoms with E-state index >= 15 is 0 Å². The summed E-state index contributed by atoms with van der Waals surface area (Å²) in [4.78, 5) is 12.5. The van der Waals surface area contributed by atoms with Gasteiger partial charge in [0.2, 0.25) is 5.75 Å². The van der Waals surface area contributed by atoms with Crippen LogP contribution in [-0.2, 0) is 24.3 Å². The zero-order valence-corrected chi connectivity index (χ0v) is 27.2. The molecule has 4 rings (SSSR count). The average molecular weight is 636 g/mol. The molecule has 0 bridgehead atoms. The van der Waals surface area contributed by atoms with Gasteiger partial charge in [-0.2, -0.15) is 0 Å². The molecular formula is C31H47BrN4O5. The Kier molecular flexibility index (Phi) is 11.8. The maximum atomic E-state index is 12.5. The van der Waals surface area contributed by atoms with Crippen molar-refractivity contribution in [2.24, 2.45) is 0 Å². The normalized spacial score (nSPS) is 14.4. The van der Waals surface area contributed by atoms with Gasteiger partial charge >= 0.3 is 5.63 Å². The van der Waals surface area contributed by atoms with Crippen LogP contribution in [0.15, 0.2) is 27.5 Å². The number of ether oxygens (including phenoxy) is 3. The number of hydrogen-bond acceptors (Lipinski definition) is 7. The molecule has 0 aliphatic carbocycles. The van der Waals surface area contributed by atoms with Crippen LogP contribution in [0.1, 0.15) is 83.5 Å². The van der Waals surface area contributed by atoms with Crippen molar-refractivity contribution >= 4 is 11.0 Å². The SMILES string of the molecule is CC[N+](CC)(CC)CCCCCCOCc1cn(Cc2cc(=O)oc3c(OC)c4c(cc23)CCC(C)(C)O4)nn1.[Br-]. The van der Waals surface area contributed by atoms with Gasteiger partial charge in [-0.05, 0) is 83.9 Å². The summed E-state index contributed by atoms with van der Waals surface area (Å²) >= 11 is 0. The number of unbranched alkanes of at least 4 members (excludes halogenated alkanes) is 3. The summed E-state index contributed by atoms with van der Waals surface area (Å²) in [5.41, 5.74) is 2.26. The van der Waals surface area contributed by atoms with Crippen LogP contribution in [0.5, 0.6) is 11.5 Å². The van der Waals surface area contributed by atoms with Crippen molar-refractivity contribution in [2.45, 2.75) is 91.9 Å². The molecule has 0 fully saturated rings. The number of fused-ring (bicyclic) bond motifs is 2. The number of aromatic nitrogens is 3. The Bertz CT molecular complexity index is 1320. The highest BCUT2D eigenvalue weighted by molar-refractivity contribution is 5.89. The predicted molar refractivity (Wildman–Crippen MR) is 156 cm³/mol. The number of benzene rings is 1. The molecular weight excluding hydrogens is 588 g/mol. The molecule has 0 unspecified atom stereocenters. The smallest absolute Gasteiger partial charge is 0.336 e. The van der Waals surface area contributed by atoms with Gasteiger partial charge in [0.25, 0.3) is 0 Å². The lowest BCUT2D eigenvalue weighted by molar-refractivity contribution is -0.923. The Morgan fingerprint density at radius 1 is 1.07 bits per heavy atom. The van der Waals surface area contributed by atoms with Crippen LogP contribution in [0.25, 0.3) is 11.0 Å². The summed E-state index contributed by atoms with van der Waals surface area (Å²) in [5, 5.41) is 9.38. The zero-order chi connectivity index (χ0) is 28.8. The van der Waals surface area contributed by atoms with Gasteiger partial charge < -0.3 is 40.1 Å². The lowest BCUT2D eigenvalue weighted by Gasteiger charge is -2.35. The maximum absolute atomic E-state index is 12.5. The van der Waals surface area contributed by atoms with E-state index in [-0.39, 0.29) is 22.6 Å². The molecule has 41 heavy (non-hydrogen) atoms. The van der Waals surface area contributed by atoms with E-state index in [2.05, 4.69) is 44.9 Å². The van der Waals surface area contributed by atoms with E-state index < -0.39 is 5.63 Å². The molecule has 9 nitrogen and oxygen atoms in total. The molecule has 228 valence electrons. The first-order valence-electron chi connectivity index (χ1n) is 14.9. The fourth-order valence-electron chi connectivity index (χ4n) is 5.73. The average Bonchev–Trinajstić information content (AvgIpc) is 3.38. The van der Waals surface area contributed by atoms with Crippen molar-refractivity contribution in [3.05, 3.63) is 45.6 Å². The van der Waals surface area contributed by atoms with E-state index in [0.717, 1.165) is 48.1 Å². The summed E-state index contributed by atoms with van der Waals surface area (Å²) in [6.45, 7) is 17.5. The fourth-order valence-corrected chi connectivity index (χ4v) is 5.73. The third-order valence-corrected chi connectivity index (χ3v) is 8.54. The van der Waals surface area contributed by atoms with E-state index in [4.69, 9.17) is 18.6 Å². The summed E-state index contributed by atoms with van der Waals surface area (Å²) in [7, 11) is 1.57. The van der Waals surface area contributed by atoms with E-state index in [1.165, 1.54) is 56.0 Å². The van der Waals surface area contributed by atoms with Gasteiger partial charge in [-0.15, -0.1) is 5.10 Å². The van der Waals surface area contributed by atoms with Crippen LogP contribution in [0.2, 0.25) is 0 Å². The highest BCUT2D eigenvalue weighted by Crippen LogP contribution is 2.45. The van der Waals surface area contributed by atoms with Crippen LogP contribution < -0.4 is 32.1 Å². The first-order chi connectivity index (χ1) is 19.2. The van der Waals surface area contributed by atoms with Gasteiger partial charge in [0, 0.05) is 18.1 Å². The minimum Gasteiger partial charge on any atom is -1.00 e. The second kappa shape index (κ2) is 14.6. The van der Waals surface area contributed by atoms with Crippen molar-refractivity contribution in [1.82, 2.24) is 15.0 Å². The first-order valence-corrected chi connectivity index (χ1v) is 14.9. The van der Waals surface area contributed by atoms with E-state index in [1.807, 2.05) is 12.3 Å². The number of halogens is 1. The number of aryl methyl sites for hydroxylation is 1. The van der Waals surface area contributed by atoms with Crippen LogP contribution in [0.4, 0.5) is 0 Å². The lowest BCUT2D eigenvalue weighted by Crippen LogP contribution is -3.00. The zero-order valence-electron chi connectivity index (χ0n) is 25.6. The number of methoxy groups -OCH3 is 1. The van der Waals surface area contributed by atoms with Crippen LogP contribution in [0, 0.1) is 0 Å². The van der Waals surface area contributed by atoms with Gasteiger partial charge in [0.15, 0.2) is 11.3 Å². The van der Waals surface area contributed by atoms with E-state index in [0.29, 0.717) is 30.2 Å². The Balaban J connectivity index is 0.00000462. The molecule has 1 aromatic carbocycles. The van der Waals surface area contributed by atoms with Crippen LogP contribution >= 0.6 is 0 Å². The van der Waals surface area contributed by atoms with Crippen molar-refractivity contribution < 1.29 is 40.1 Å². The third kappa shape index (κ3) is 8.11. The first kappa shape index (κ1) is 33.1. The Morgan fingerprint density at radius 3 is 2.51 bits per heavy atom. The van der Waals surface area contributed by atoms with E-state index in [1.54, 1.807) is 11.8 Å². The topological polar surface area (TPSA) is 88.6 Å². The predicted octanol–water partition coefficient (Wildman–Crippen LogP) is 2.50. The van der Waals surface area contributed by atoms with Crippen molar-refractivity contribution in [3.63, 3.8) is 0 Å². The monoisotopic (exact) mass is 634 g/mol. The Labute approximate surface area is 254 Å². The molecule has 0 atom stereocenters. The Hall–Kier alpha value is -2.43. The summed E-state index contributed by atoms with van der Waals surface area (Å²) < 4.78 is 26.4. The standard InChI is InChI=1S/C31H47N4O5.BrH/c1-7-35(8-2,9-3)16-12-10-11-13-17-38-22-25-21-34(33-32-25)20-24-19-27(36)39-29-26(24)18-23-14-15-31(4,5)40-28(23)30(29)37-6;/h18-19,21H,7-17,20,22H2,1-6H3;1H/q+1;/p-1. The number of quaternary nitrogens is 1. The molecule has 10 heteroatoms. The summed E-state index contributed by atoms with van der Waals surface area (Å²) in [6.07, 6.45) is 8.38. The molecule has 3 heterocycles. The minimum atomic E-state index is -0.441. The number of hydrogen-bond donors (Lipinski definition) is 0. The highest BCUT2D eigenvalue weighted by Gasteiger charge is 2.31. The quantitative estimate of drug-likeness (QED) is 0.144. The van der Waals surface area contributed by atoms with E-state index in [9.17, 15) is 4.79 Å². The van der Waals surface area contributed by atoms with Gasteiger partial charge in [0.05, 0.1) is 52.6 Å². The van der Waals surface area contributed by atoms with Gasteiger partial charge in [-0.3, -0.25) is 0 Å². The lowest BCUT2D eigenvalue weighted by atomic mass is 9.92. The molecule has 1 aliphatic heterocycles. The third-order valence-electron chi connectivity index (χ3n) is 8.54. The second-order valence-electron chi connectivity index (χ2n) is 11.6. The molecule has 0 radical (unpaired) electrons. The molecule has 0 N–H and O–H groups in total. The highest BCUT2D eigenvalue weighted by atomic mass is 79.9. The van der Waals surface area contributed by atoms with Gasteiger partial charge in [0.1, 0.15) is 11.3 Å². The second-order valence-corrected chi connectivity index (χ2v) is 11.6. The molecule has 1 aliphatic rings. The minimum absolute atomic E-state index is 0. The molecule has 0 spiro atoms. The Morgan fingerprint density at radius 2 is 1.80 bits per heavy atom. The fraction of sp³-hybridized carbons (Fsp3) is 0.645. The maximum Gasteiger partial charge on any atom is 0.336 e. The summed E-state index contributed by atoms with van der Waals surface area (Å²) in [6, 6.07) is 3.57. The summed E-state index contributed by atoms with van der Waals surface area (Å²) in [5.74, 6) is 1.12. The van der Waals surface area contributed by atoms with Gasteiger partial charge in [-0.25, -0.2) is 9.48 Å². The van der Waals surface area contributed by atoms with Gasteiger partial charge in [-0.1, -0.05) is 11.6 Å².